The number of morpholine rings is 1. The van der Waals surface area contributed by atoms with Gasteiger partial charge in [-0.3, -0.25) is 9.59 Å². The van der Waals surface area contributed by atoms with Gasteiger partial charge in [0.25, 0.3) is 5.91 Å². The van der Waals surface area contributed by atoms with E-state index in [1.165, 1.54) is 24.3 Å². The summed E-state index contributed by atoms with van der Waals surface area (Å²) in [7, 11) is 0. The molecule has 0 radical (unpaired) electrons. The van der Waals surface area contributed by atoms with Crippen molar-refractivity contribution in [2.45, 2.75) is 68.0 Å². The Balaban J connectivity index is 1.57. The van der Waals surface area contributed by atoms with Gasteiger partial charge in [0.2, 0.25) is 5.60 Å². The molecule has 4 N–H and O–H groups in total. The molecule has 6 rings (SSSR count). The maximum atomic E-state index is 14.7. The fraction of sp³-hybridized carbons (Fsp3) is 0.394. The lowest BCUT2D eigenvalue weighted by Gasteiger charge is -2.55. The number of nitrogens with one attached hydrogen (secondary N) is 1. The molecule has 3 saturated heterocycles. The van der Waals surface area contributed by atoms with Gasteiger partial charge in [-0.2, -0.15) is 0 Å². The monoisotopic (exact) mass is 590 g/mol. The number of halogens is 1. The third-order valence-corrected chi connectivity index (χ3v) is 9.07. The normalized spacial score (nSPS) is 32.1. The van der Waals surface area contributed by atoms with E-state index in [1.54, 1.807) is 53.4 Å². The summed E-state index contributed by atoms with van der Waals surface area (Å²) in [5.74, 6) is -2.62. The molecule has 9 nitrogen and oxygen atoms in total. The number of hydrogen-bond acceptors (Lipinski definition) is 7. The zero-order valence-corrected chi connectivity index (χ0v) is 23.9. The number of benzene rings is 3. The fourth-order valence-electron chi connectivity index (χ4n) is 7.42. The van der Waals surface area contributed by atoms with Crippen molar-refractivity contribution in [2.24, 2.45) is 5.92 Å². The van der Waals surface area contributed by atoms with Crippen LogP contribution in [0.5, 0.6) is 0 Å². The van der Waals surface area contributed by atoms with Crippen molar-refractivity contribution in [1.29, 1.82) is 0 Å². The van der Waals surface area contributed by atoms with Crippen LogP contribution in [0.4, 0.5) is 10.1 Å². The highest BCUT2D eigenvalue weighted by atomic mass is 19.1. The van der Waals surface area contributed by atoms with E-state index in [2.05, 4.69) is 5.32 Å². The Kier molecular flexibility index (Phi) is 7.18. The molecule has 226 valence electrons. The standard InChI is InChI=1S/C33H35FN2O7/c1-21(2)33-31(29(40)35-25-11-7-4-8-12-25)30(43-31,22-9-5-3-6-10-22)32(41,23-13-15-24(34)16-14-23)36(33)18-17-27(42-33)19-26(37)20-28(38)39/h3-16,21,26-27,37,41H,17-20H2,1-2H3,(H,35,40)(H,38,39)/t26-,27+,30+,31+,32+,33-/m0/s1. The van der Waals surface area contributed by atoms with Crippen molar-refractivity contribution >= 4 is 17.6 Å². The SMILES string of the molecule is CC(C)[C@@]12O[C@@H](C[C@H](O)CC(=O)O)CCN1[C@@](O)(c1ccc(F)cc1)[C@]1(c3ccccc3)O[C@]12C(=O)Nc1ccccc1. The molecule has 43 heavy (non-hydrogen) atoms. The number of carboxylic acids is 1. The molecule has 0 aliphatic carbocycles. The van der Waals surface area contributed by atoms with Gasteiger partial charge in [-0.05, 0) is 42.2 Å². The number of amides is 1. The molecule has 1 amide bonds. The minimum Gasteiger partial charge on any atom is -0.481 e. The van der Waals surface area contributed by atoms with Crippen LogP contribution in [0.1, 0.15) is 44.2 Å². The molecule has 0 bridgehead atoms. The Morgan fingerprint density at radius 3 is 2.23 bits per heavy atom. The third-order valence-electron chi connectivity index (χ3n) is 9.07. The molecule has 3 aliphatic rings. The first-order chi connectivity index (χ1) is 20.5. The average molecular weight is 591 g/mol. The van der Waals surface area contributed by atoms with Crippen LogP contribution in [0.25, 0.3) is 0 Å². The number of rotatable bonds is 9. The number of carbonyl (C=O) groups excluding carboxylic acids is 1. The van der Waals surface area contributed by atoms with E-state index < -0.39 is 64.9 Å². The van der Waals surface area contributed by atoms with E-state index in [0.29, 0.717) is 23.2 Å². The summed E-state index contributed by atoms with van der Waals surface area (Å²) in [6, 6.07) is 23.4. The Morgan fingerprint density at radius 2 is 1.63 bits per heavy atom. The molecule has 3 fully saturated rings. The Morgan fingerprint density at radius 1 is 1.00 bits per heavy atom. The summed E-state index contributed by atoms with van der Waals surface area (Å²) in [6.07, 6.45) is -1.94. The van der Waals surface area contributed by atoms with E-state index >= 15 is 0 Å². The first-order valence-corrected chi connectivity index (χ1v) is 14.5. The van der Waals surface area contributed by atoms with Crippen LogP contribution < -0.4 is 5.32 Å². The van der Waals surface area contributed by atoms with Crippen LogP contribution in [0, 0.1) is 11.7 Å². The van der Waals surface area contributed by atoms with Gasteiger partial charge in [-0.1, -0.05) is 74.5 Å². The van der Waals surface area contributed by atoms with E-state index in [-0.39, 0.29) is 13.0 Å². The second kappa shape index (κ2) is 10.5. The van der Waals surface area contributed by atoms with Crippen LogP contribution in [-0.2, 0) is 30.4 Å². The molecule has 3 aromatic rings. The van der Waals surface area contributed by atoms with Gasteiger partial charge in [0, 0.05) is 24.2 Å². The van der Waals surface area contributed by atoms with Crippen molar-refractivity contribution < 1.29 is 38.8 Å². The molecular weight excluding hydrogens is 555 g/mol. The number of aliphatic carboxylic acids is 1. The number of carbonyl (C=O) groups is 2. The number of anilines is 1. The van der Waals surface area contributed by atoms with E-state index in [9.17, 15) is 29.3 Å². The predicted octanol–water partition coefficient (Wildman–Crippen LogP) is 3.96. The molecule has 6 atom stereocenters. The number of carboxylic acid groups (broad SMARTS) is 1. The minimum atomic E-state index is -2.00. The van der Waals surface area contributed by atoms with Gasteiger partial charge in [-0.15, -0.1) is 0 Å². The Labute approximate surface area is 248 Å². The number of para-hydroxylation sites is 1. The minimum absolute atomic E-state index is 0.0122. The second-order valence-corrected chi connectivity index (χ2v) is 11.8. The number of epoxide rings is 1. The van der Waals surface area contributed by atoms with Gasteiger partial charge in [0.1, 0.15) is 5.82 Å². The fourth-order valence-corrected chi connectivity index (χ4v) is 7.42. The van der Waals surface area contributed by atoms with Crippen LogP contribution in [-0.4, -0.2) is 62.2 Å². The Hall–Kier alpha value is -3.67. The summed E-state index contributed by atoms with van der Waals surface area (Å²) in [5, 5.41) is 35.9. The quantitative estimate of drug-likeness (QED) is 0.276. The Bertz CT molecular complexity index is 1510. The van der Waals surface area contributed by atoms with Crippen molar-refractivity contribution in [3.05, 3.63) is 102 Å². The van der Waals surface area contributed by atoms with Gasteiger partial charge in [-0.25, -0.2) is 9.29 Å². The van der Waals surface area contributed by atoms with Crippen molar-refractivity contribution in [3.8, 4) is 0 Å². The zero-order valence-electron chi connectivity index (χ0n) is 23.9. The molecule has 0 saturated carbocycles. The molecule has 0 aromatic heterocycles. The molecule has 3 aromatic carbocycles. The second-order valence-electron chi connectivity index (χ2n) is 11.8. The summed E-state index contributed by atoms with van der Waals surface area (Å²) >= 11 is 0. The number of fused-ring (bicyclic) bond motifs is 3. The molecule has 0 unspecified atom stereocenters. The number of nitrogens with zero attached hydrogens (tertiary/aromatic N) is 1. The lowest BCUT2D eigenvalue weighted by Crippen LogP contribution is -2.70. The summed E-state index contributed by atoms with van der Waals surface area (Å²) in [6.45, 7) is 3.96. The van der Waals surface area contributed by atoms with Crippen molar-refractivity contribution in [3.63, 3.8) is 0 Å². The molecular formula is C33H35FN2O7. The third kappa shape index (κ3) is 4.08. The highest BCUT2D eigenvalue weighted by molar-refractivity contribution is 6.03. The highest BCUT2D eigenvalue weighted by Gasteiger charge is 2.99. The molecule has 3 heterocycles. The maximum absolute atomic E-state index is 14.7. The summed E-state index contributed by atoms with van der Waals surface area (Å²) in [5.41, 5.74) is -5.71. The van der Waals surface area contributed by atoms with Gasteiger partial charge in [0.15, 0.2) is 17.1 Å². The number of aliphatic hydroxyl groups excluding tert-OH is 1. The lowest BCUT2D eigenvalue weighted by molar-refractivity contribution is -0.327. The number of aliphatic hydroxyl groups is 2. The van der Waals surface area contributed by atoms with Crippen LogP contribution in [0.15, 0.2) is 84.9 Å². The van der Waals surface area contributed by atoms with Gasteiger partial charge >= 0.3 is 5.97 Å². The lowest BCUT2D eigenvalue weighted by atomic mass is 9.73. The first-order valence-electron chi connectivity index (χ1n) is 14.5. The average Bonchev–Trinajstić information content (AvgIpc) is 3.67. The van der Waals surface area contributed by atoms with Gasteiger partial charge in [0.05, 0.1) is 18.6 Å². The maximum Gasteiger partial charge on any atom is 0.305 e. The van der Waals surface area contributed by atoms with Crippen molar-refractivity contribution in [2.75, 3.05) is 11.9 Å². The summed E-state index contributed by atoms with van der Waals surface area (Å²) < 4.78 is 27.8. The van der Waals surface area contributed by atoms with E-state index in [4.69, 9.17) is 9.47 Å². The van der Waals surface area contributed by atoms with E-state index in [1.807, 2.05) is 26.0 Å². The van der Waals surface area contributed by atoms with Crippen LogP contribution in [0.2, 0.25) is 0 Å². The topological polar surface area (TPSA) is 132 Å². The highest BCUT2D eigenvalue weighted by Crippen LogP contribution is 2.79. The van der Waals surface area contributed by atoms with Crippen molar-refractivity contribution in [1.82, 2.24) is 4.90 Å². The number of hydrogen-bond donors (Lipinski definition) is 4. The predicted molar refractivity (Wildman–Crippen MR) is 154 cm³/mol. The zero-order chi connectivity index (χ0) is 30.6. The molecule has 10 heteroatoms. The van der Waals surface area contributed by atoms with E-state index in [0.717, 1.165) is 0 Å². The smallest absolute Gasteiger partial charge is 0.305 e. The largest absolute Gasteiger partial charge is 0.481 e. The van der Waals surface area contributed by atoms with Crippen LogP contribution in [0.3, 0.4) is 0 Å². The van der Waals surface area contributed by atoms with Gasteiger partial charge < -0.3 is 30.1 Å². The first kappa shape index (κ1) is 29.4. The summed E-state index contributed by atoms with van der Waals surface area (Å²) in [4.78, 5) is 27.8. The molecule has 0 spiro atoms. The molecule has 3 aliphatic heterocycles. The number of ether oxygens (including phenoxy) is 2. The van der Waals surface area contributed by atoms with Crippen LogP contribution >= 0.6 is 0 Å².